The van der Waals surface area contributed by atoms with Gasteiger partial charge in [0, 0.05) is 25.8 Å². The predicted molar refractivity (Wildman–Crippen MR) is 53.7 cm³/mol. The molecule has 15 heavy (non-hydrogen) atoms. The molecule has 0 saturated carbocycles. The lowest BCUT2D eigenvalue weighted by Gasteiger charge is -2.34. The van der Waals surface area contributed by atoms with Crippen LogP contribution in [-0.2, 0) is 4.79 Å². The summed E-state index contributed by atoms with van der Waals surface area (Å²) < 4.78 is 0. The smallest absolute Gasteiger partial charge is 0.327 e. The Morgan fingerprint density at radius 2 is 2.53 bits per heavy atom. The quantitative estimate of drug-likeness (QED) is 0.671. The van der Waals surface area contributed by atoms with E-state index in [-0.39, 0.29) is 0 Å². The van der Waals surface area contributed by atoms with Gasteiger partial charge in [-0.3, -0.25) is 0 Å². The van der Waals surface area contributed by atoms with E-state index in [2.05, 4.69) is 15.3 Å². The standard InChI is InChI=1S/C9H12N4O2/c14-9(15)7-5-10-3-4-13(7)8-1-2-11-6-12-8/h1-2,6-7,10H,3-5H2,(H,14,15). The van der Waals surface area contributed by atoms with Gasteiger partial charge in [0.05, 0.1) is 0 Å². The van der Waals surface area contributed by atoms with Gasteiger partial charge in [-0.2, -0.15) is 0 Å². The van der Waals surface area contributed by atoms with Gasteiger partial charge in [-0.25, -0.2) is 14.8 Å². The summed E-state index contributed by atoms with van der Waals surface area (Å²) in [7, 11) is 0. The van der Waals surface area contributed by atoms with Crippen molar-refractivity contribution in [2.75, 3.05) is 24.5 Å². The average molecular weight is 208 g/mol. The van der Waals surface area contributed by atoms with E-state index in [0.29, 0.717) is 18.9 Å². The van der Waals surface area contributed by atoms with Crippen LogP contribution in [0.3, 0.4) is 0 Å². The first-order valence-corrected chi connectivity index (χ1v) is 4.75. The van der Waals surface area contributed by atoms with E-state index in [1.807, 2.05) is 0 Å². The molecule has 6 nitrogen and oxygen atoms in total. The van der Waals surface area contributed by atoms with Gasteiger partial charge >= 0.3 is 5.97 Å². The second-order valence-electron chi connectivity index (χ2n) is 3.32. The summed E-state index contributed by atoms with van der Waals surface area (Å²) in [6.45, 7) is 1.86. The van der Waals surface area contributed by atoms with Crippen LogP contribution in [0, 0.1) is 0 Å². The molecule has 0 radical (unpaired) electrons. The number of nitrogens with one attached hydrogen (secondary N) is 1. The number of carboxylic acid groups (broad SMARTS) is 1. The molecule has 1 saturated heterocycles. The molecule has 6 heteroatoms. The van der Waals surface area contributed by atoms with Crippen LogP contribution in [0.15, 0.2) is 18.6 Å². The maximum absolute atomic E-state index is 11.0. The normalized spacial score (nSPS) is 21.3. The fourth-order valence-electron chi connectivity index (χ4n) is 1.65. The highest BCUT2D eigenvalue weighted by atomic mass is 16.4. The van der Waals surface area contributed by atoms with Crippen molar-refractivity contribution in [3.63, 3.8) is 0 Å². The number of rotatable bonds is 2. The molecule has 0 bridgehead atoms. The van der Waals surface area contributed by atoms with Gasteiger partial charge in [0.2, 0.25) is 0 Å². The van der Waals surface area contributed by atoms with Crippen LogP contribution >= 0.6 is 0 Å². The third kappa shape index (κ3) is 2.04. The molecule has 1 unspecified atom stereocenters. The maximum atomic E-state index is 11.0. The van der Waals surface area contributed by atoms with Gasteiger partial charge in [0.1, 0.15) is 18.2 Å². The Bertz CT molecular complexity index is 343. The summed E-state index contributed by atoms with van der Waals surface area (Å²) in [6.07, 6.45) is 3.04. The topological polar surface area (TPSA) is 78.4 Å². The van der Waals surface area contributed by atoms with Crippen LogP contribution < -0.4 is 10.2 Å². The molecule has 1 aliphatic rings. The van der Waals surface area contributed by atoms with Crippen molar-refractivity contribution < 1.29 is 9.90 Å². The van der Waals surface area contributed by atoms with Gasteiger partial charge in [0.15, 0.2) is 0 Å². The molecular weight excluding hydrogens is 196 g/mol. The van der Waals surface area contributed by atoms with Gasteiger partial charge in [-0.05, 0) is 6.07 Å². The lowest BCUT2D eigenvalue weighted by atomic mass is 10.2. The minimum atomic E-state index is -0.833. The number of aliphatic carboxylic acids is 1. The number of carbonyl (C=O) groups is 1. The molecule has 2 heterocycles. The molecule has 1 fully saturated rings. The summed E-state index contributed by atoms with van der Waals surface area (Å²) >= 11 is 0. The molecule has 0 amide bonds. The van der Waals surface area contributed by atoms with Crippen LogP contribution in [0.1, 0.15) is 0 Å². The highest BCUT2D eigenvalue weighted by molar-refractivity contribution is 5.78. The molecule has 1 aromatic heterocycles. The SMILES string of the molecule is O=C(O)C1CNCCN1c1ccncn1. The van der Waals surface area contributed by atoms with Crippen molar-refractivity contribution in [1.29, 1.82) is 0 Å². The Balaban J connectivity index is 2.22. The Morgan fingerprint density at radius 3 is 3.20 bits per heavy atom. The number of carboxylic acids is 1. The molecule has 80 valence electrons. The summed E-state index contributed by atoms with van der Waals surface area (Å²) in [6, 6.07) is 1.18. The van der Waals surface area contributed by atoms with Crippen molar-refractivity contribution in [2.45, 2.75) is 6.04 Å². The van der Waals surface area contributed by atoms with E-state index in [1.54, 1.807) is 17.2 Å². The number of nitrogens with zero attached hydrogens (tertiary/aromatic N) is 3. The minimum Gasteiger partial charge on any atom is -0.480 e. The van der Waals surface area contributed by atoms with E-state index in [0.717, 1.165) is 6.54 Å². The second-order valence-corrected chi connectivity index (χ2v) is 3.32. The van der Waals surface area contributed by atoms with Crippen molar-refractivity contribution in [2.24, 2.45) is 0 Å². The molecule has 0 aliphatic carbocycles. The maximum Gasteiger partial charge on any atom is 0.327 e. The summed E-state index contributed by atoms with van der Waals surface area (Å²) in [4.78, 5) is 20.7. The van der Waals surface area contributed by atoms with Crippen LogP contribution in [-0.4, -0.2) is 46.7 Å². The highest BCUT2D eigenvalue weighted by Gasteiger charge is 2.28. The lowest BCUT2D eigenvalue weighted by Crippen LogP contribution is -2.55. The molecule has 1 aliphatic heterocycles. The largest absolute Gasteiger partial charge is 0.480 e. The molecule has 0 aromatic carbocycles. The fraction of sp³-hybridized carbons (Fsp3) is 0.444. The van der Waals surface area contributed by atoms with Crippen molar-refractivity contribution in [1.82, 2.24) is 15.3 Å². The predicted octanol–water partition coefficient (Wildman–Crippen LogP) is -0.661. The van der Waals surface area contributed by atoms with E-state index in [1.165, 1.54) is 6.33 Å². The van der Waals surface area contributed by atoms with Crippen molar-refractivity contribution >= 4 is 11.8 Å². The number of aromatic nitrogens is 2. The molecule has 2 N–H and O–H groups in total. The number of piperazine rings is 1. The Labute approximate surface area is 87.0 Å². The van der Waals surface area contributed by atoms with E-state index >= 15 is 0 Å². The molecule has 1 atom stereocenters. The van der Waals surface area contributed by atoms with Crippen LogP contribution in [0.25, 0.3) is 0 Å². The Hall–Kier alpha value is -1.69. The van der Waals surface area contributed by atoms with E-state index in [4.69, 9.17) is 5.11 Å². The first-order chi connectivity index (χ1) is 7.29. The van der Waals surface area contributed by atoms with Crippen LogP contribution in [0.4, 0.5) is 5.82 Å². The first kappa shape index (κ1) is 9.85. The number of anilines is 1. The zero-order chi connectivity index (χ0) is 10.7. The van der Waals surface area contributed by atoms with Crippen LogP contribution in [0.5, 0.6) is 0 Å². The third-order valence-electron chi connectivity index (χ3n) is 2.39. The van der Waals surface area contributed by atoms with Gasteiger partial charge in [-0.15, -0.1) is 0 Å². The van der Waals surface area contributed by atoms with E-state index < -0.39 is 12.0 Å². The number of hydrogen-bond acceptors (Lipinski definition) is 5. The van der Waals surface area contributed by atoms with Crippen molar-refractivity contribution in [3.05, 3.63) is 18.6 Å². The summed E-state index contributed by atoms with van der Waals surface area (Å²) in [5.74, 6) is -0.167. The van der Waals surface area contributed by atoms with Gasteiger partial charge in [0.25, 0.3) is 0 Å². The van der Waals surface area contributed by atoms with Crippen LogP contribution in [0.2, 0.25) is 0 Å². The lowest BCUT2D eigenvalue weighted by molar-refractivity contribution is -0.138. The zero-order valence-corrected chi connectivity index (χ0v) is 8.13. The van der Waals surface area contributed by atoms with Gasteiger partial charge < -0.3 is 15.3 Å². The molecule has 2 rings (SSSR count). The third-order valence-corrected chi connectivity index (χ3v) is 2.39. The Kier molecular flexibility index (Phi) is 2.77. The first-order valence-electron chi connectivity index (χ1n) is 4.75. The molecule has 0 spiro atoms. The molecule has 1 aromatic rings. The summed E-state index contributed by atoms with van der Waals surface area (Å²) in [5.41, 5.74) is 0. The minimum absolute atomic E-state index is 0.444. The van der Waals surface area contributed by atoms with Crippen molar-refractivity contribution in [3.8, 4) is 0 Å². The fourth-order valence-corrected chi connectivity index (χ4v) is 1.65. The average Bonchev–Trinajstić information content (AvgIpc) is 2.30. The summed E-state index contributed by atoms with van der Waals surface area (Å²) in [5, 5.41) is 12.1. The monoisotopic (exact) mass is 208 g/mol. The zero-order valence-electron chi connectivity index (χ0n) is 8.13. The Morgan fingerprint density at radius 1 is 1.67 bits per heavy atom. The van der Waals surface area contributed by atoms with Gasteiger partial charge in [-0.1, -0.05) is 0 Å². The highest BCUT2D eigenvalue weighted by Crippen LogP contribution is 2.14. The number of hydrogen-bond donors (Lipinski definition) is 2. The van der Waals surface area contributed by atoms with E-state index in [9.17, 15) is 4.79 Å². The second kappa shape index (κ2) is 4.22. The molecular formula is C9H12N4O2.